The number of aromatic amines is 2. The number of hydrogen-bond acceptors (Lipinski definition) is 6. The average molecular weight is 503 g/mol. The number of rotatable bonds is 16. The molecule has 0 amide bonds. The van der Waals surface area contributed by atoms with Crippen molar-refractivity contribution in [2.75, 3.05) is 23.0 Å². The van der Waals surface area contributed by atoms with Crippen LogP contribution in [0.25, 0.3) is 0 Å². The smallest absolute Gasteiger partial charge is 0.280 e. The van der Waals surface area contributed by atoms with E-state index in [0.717, 1.165) is 25.7 Å². The van der Waals surface area contributed by atoms with E-state index in [1.807, 2.05) is 0 Å². The lowest BCUT2D eigenvalue weighted by Gasteiger charge is -2.23. The summed E-state index contributed by atoms with van der Waals surface area (Å²) in [7, 11) is -1.81. The van der Waals surface area contributed by atoms with Crippen LogP contribution in [0.3, 0.4) is 0 Å². The van der Waals surface area contributed by atoms with Gasteiger partial charge in [-0.1, -0.05) is 27.7 Å². The van der Waals surface area contributed by atoms with Crippen molar-refractivity contribution >= 4 is 21.6 Å². The summed E-state index contributed by atoms with van der Waals surface area (Å²) in [5, 5.41) is 4.62. The third-order valence-corrected chi connectivity index (χ3v) is 8.63. The Hall–Kier alpha value is -1.68. The number of H-pyrrole nitrogens is 2. The molecule has 2 atom stereocenters. The molecule has 33 heavy (non-hydrogen) atoms. The van der Waals surface area contributed by atoms with Gasteiger partial charge in [-0.2, -0.15) is 10.3 Å². The molecule has 2 rings (SSSR count). The molecule has 2 aromatic heterocycles. The molecule has 0 saturated carbocycles. The minimum atomic E-state index is -0.907. The molecule has 2 heterocycles. The highest BCUT2D eigenvalue weighted by molar-refractivity contribution is 7.85. The lowest BCUT2D eigenvalue weighted by atomic mass is 9.84. The predicted molar refractivity (Wildman–Crippen MR) is 132 cm³/mol. The Kier molecular flexibility index (Phi) is 10.6. The van der Waals surface area contributed by atoms with E-state index in [2.05, 4.69) is 38.0 Å². The lowest BCUT2D eigenvalue weighted by molar-refractivity contribution is 0.279. The van der Waals surface area contributed by atoms with Gasteiger partial charge in [0.15, 0.2) is 0 Å². The van der Waals surface area contributed by atoms with Crippen molar-refractivity contribution in [1.29, 1.82) is 0 Å². The topological polar surface area (TPSA) is 126 Å². The first-order valence-electron chi connectivity index (χ1n) is 11.5. The second kappa shape index (κ2) is 12.7. The molecule has 8 nitrogen and oxygen atoms in total. The molecule has 0 aliphatic heterocycles. The molecule has 2 unspecified atom stereocenters. The second-order valence-corrected chi connectivity index (χ2v) is 13.7. The molecule has 2 N–H and O–H groups in total. The van der Waals surface area contributed by atoms with Crippen LogP contribution in [0.4, 0.5) is 0 Å². The Labute approximate surface area is 200 Å². The lowest BCUT2D eigenvalue weighted by Crippen LogP contribution is -2.17. The van der Waals surface area contributed by atoms with E-state index in [-0.39, 0.29) is 21.9 Å². The van der Waals surface area contributed by atoms with Crippen LogP contribution in [0, 0.1) is 10.8 Å². The minimum Gasteiger partial charge on any atom is -0.384 e. The van der Waals surface area contributed by atoms with E-state index < -0.39 is 21.6 Å². The minimum absolute atomic E-state index is 0.0376. The van der Waals surface area contributed by atoms with E-state index >= 15 is 0 Å². The van der Waals surface area contributed by atoms with Crippen molar-refractivity contribution < 1.29 is 17.5 Å². The molecule has 188 valence electrons. The molecule has 0 aromatic carbocycles. The van der Waals surface area contributed by atoms with E-state index in [0.29, 0.717) is 53.8 Å². The van der Waals surface area contributed by atoms with Gasteiger partial charge in [-0.3, -0.25) is 18.0 Å². The van der Waals surface area contributed by atoms with Crippen molar-refractivity contribution in [2.45, 2.75) is 72.6 Å². The van der Waals surface area contributed by atoms with Crippen LogP contribution in [0.1, 0.15) is 71.3 Å². The number of hydrogen-bond donors (Lipinski definition) is 2. The van der Waals surface area contributed by atoms with Crippen molar-refractivity contribution in [3.05, 3.63) is 44.4 Å². The Balaban J connectivity index is 1.55. The van der Waals surface area contributed by atoms with Gasteiger partial charge >= 0.3 is 0 Å². The zero-order valence-electron chi connectivity index (χ0n) is 20.2. The highest BCUT2D eigenvalue weighted by atomic mass is 32.2. The fourth-order valence-corrected chi connectivity index (χ4v) is 6.40. The molecule has 0 aliphatic carbocycles. The summed E-state index contributed by atoms with van der Waals surface area (Å²) in [4.78, 5) is 22.3. The molecule has 0 bridgehead atoms. The van der Waals surface area contributed by atoms with Crippen molar-refractivity contribution in [2.24, 2.45) is 10.8 Å². The summed E-state index contributed by atoms with van der Waals surface area (Å²) in [6.45, 7) is 8.45. The molecule has 2 aromatic rings. The summed E-state index contributed by atoms with van der Waals surface area (Å²) >= 11 is 0. The molecular weight excluding hydrogens is 464 g/mol. The fraction of sp³-hybridized carbons (Fsp3) is 0.739. The van der Waals surface area contributed by atoms with Gasteiger partial charge in [-0.15, -0.1) is 0 Å². The van der Waals surface area contributed by atoms with Gasteiger partial charge in [-0.25, -0.2) is 0 Å². The largest absolute Gasteiger partial charge is 0.384 e. The van der Waals surface area contributed by atoms with Crippen molar-refractivity contribution in [1.82, 2.24) is 10.3 Å². The van der Waals surface area contributed by atoms with Gasteiger partial charge in [0.1, 0.15) is 11.5 Å². The Morgan fingerprint density at radius 2 is 1.06 bits per heavy atom. The van der Waals surface area contributed by atoms with Crippen molar-refractivity contribution in [3.63, 3.8) is 0 Å². The Morgan fingerprint density at radius 3 is 1.39 bits per heavy atom. The summed E-state index contributed by atoms with van der Waals surface area (Å²) in [5.74, 6) is 3.72. The normalized spacial score (nSPS) is 14.4. The highest BCUT2D eigenvalue weighted by Gasteiger charge is 2.22. The first kappa shape index (κ1) is 27.6. The van der Waals surface area contributed by atoms with Gasteiger partial charge in [0, 0.05) is 69.6 Å². The molecular formula is C23H38N2O6S2. The third kappa shape index (κ3) is 11.3. The van der Waals surface area contributed by atoms with Gasteiger partial charge in [0.25, 0.3) is 11.1 Å². The van der Waals surface area contributed by atoms with Crippen LogP contribution >= 0.6 is 0 Å². The Bertz CT molecular complexity index is 934. The number of nitrogens with one attached hydrogen (secondary N) is 2. The molecule has 0 saturated heterocycles. The zero-order valence-corrected chi connectivity index (χ0v) is 21.8. The van der Waals surface area contributed by atoms with Gasteiger partial charge in [0.2, 0.25) is 0 Å². The molecule has 0 spiro atoms. The summed E-state index contributed by atoms with van der Waals surface area (Å²) < 4.78 is 34.9. The predicted octanol–water partition coefficient (Wildman–Crippen LogP) is 3.53. The van der Waals surface area contributed by atoms with Crippen LogP contribution in [-0.2, 0) is 34.4 Å². The average Bonchev–Trinajstić information content (AvgIpc) is 3.28. The third-order valence-electron chi connectivity index (χ3n) is 5.65. The molecule has 0 radical (unpaired) electrons. The van der Waals surface area contributed by atoms with E-state index in [4.69, 9.17) is 9.05 Å². The maximum atomic E-state index is 12.3. The summed E-state index contributed by atoms with van der Waals surface area (Å²) in [6.07, 6.45) is 5.49. The maximum absolute atomic E-state index is 12.3. The standard InChI is InChI=1S/C23H38N2O6S2/c1-22(2,16-18-14-20(26)24-30-18)8-5-10-32(28)12-7-13-33(29)11-6-9-23(3,4)17-19-15-21(27)25-31-19/h14-15H,5-13,16-17H2,1-4H3,(H,24,26)(H,25,27). The number of aromatic nitrogens is 2. The van der Waals surface area contributed by atoms with Crippen LogP contribution in [0.2, 0.25) is 0 Å². The van der Waals surface area contributed by atoms with E-state index in [9.17, 15) is 18.0 Å². The van der Waals surface area contributed by atoms with Crippen molar-refractivity contribution in [3.8, 4) is 0 Å². The van der Waals surface area contributed by atoms with Crippen LogP contribution < -0.4 is 11.1 Å². The molecule has 0 aliphatic rings. The van der Waals surface area contributed by atoms with Gasteiger partial charge in [-0.05, 0) is 42.9 Å². The van der Waals surface area contributed by atoms with E-state index in [1.165, 1.54) is 12.1 Å². The zero-order chi connectivity index (χ0) is 24.5. The van der Waals surface area contributed by atoms with Gasteiger partial charge < -0.3 is 9.05 Å². The molecule has 0 fully saturated rings. The van der Waals surface area contributed by atoms with Crippen LogP contribution in [0.15, 0.2) is 30.8 Å². The monoisotopic (exact) mass is 502 g/mol. The first-order chi connectivity index (χ1) is 15.4. The van der Waals surface area contributed by atoms with E-state index in [1.54, 1.807) is 0 Å². The quantitative estimate of drug-likeness (QED) is 0.362. The van der Waals surface area contributed by atoms with Crippen LogP contribution in [0.5, 0.6) is 0 Å². The van der Waals surface area contributed by atoms with Crippen LogP contribution in [-0.4, -0.2) is 41.7 Å². The first-order valence-corrected chi connectivity index (χ1v) is 14.5. The fourth-order valence-electron chi connectivity index (χ4n) is 3.94. The van der Waals surface area contributed by atoms with Gasteiger partial charge in [0.05, 0.1) is 0 Å². The second-order valence-electron chi connectivity index (χ2n) is 10.3. The SMILES string of the molecule is CC(C)(CCCS(=O)CCCS(=O)CCCC(C)(C)Cc1cc(=O)[nH]o1)Cc1cc(=O)[nH]o1. The maximum Gasteiger partial charge on any atom is 0.280 e. The molecule has 10 heteroatoms. The summed E-state index contributed by atoms with van der Waals surface area (Å²) in [6, 6.07) is 2.95. The highest BCUT2D eigenvalue weighted by Crippen LogP contribution is 2.28. The Morgan fingerprint density at radius 1 is 0.697 bits per heavy atom. The summed E-state index contributed by atoms with van der Waals surface area (Å²) in [5.41, 5.74) is -0.530.